The zero-order chi connectivity index (χ0) is 15.6. The number of nitrogens with two attached hydrogens (primary N) is 1. The van der Waals surface area contributed by atoms with Gasteiger partial charge in [0.05, 0.1) is 15.6 Å². The molecule has 0 amide bonds. The van der Waals surface area contributed by atoms with Gasteiger partial charge in [0, 0.05) is 11.8 Å². The normalized spacial score (nSPS) is 10.5. The fraction of sp³-hybridized carbons (Fsp3) is 0.0714. The highest BCUT2D eigenvalue weighted by Gasteiger charge is 2.16. The molecule has 0 fully saturated rings. The molecule has 2 aromatic carbocycles. The minimum Gasteiger partial charge on any atom is -0.457 e. The predicted molar refractivity (Wildman–Crippen MR) is 76.4 cm³/mol. The van der Waals surface area contributed by atoms with Gasteiger partial charge in [-0.2, -0.15) is 0 Å². The van der Waals surface area contributed by atoms with Crippen LogP contribution in [-0.2, 0) is 11.3 Å². The van der Waals surface area contributed by atoms with Gasteiger partial charge in [0.15, 0.2) is 11.6 Å². The third-order valence-corrected chi connectivity index (χ3v) is 3.41. The molecule has 2 N–H and O–H groups in total. The summed E-state index contributed by atoms with van der Waals surface area (Å²) in [7, 11) is 0. The highest BCUT2D eigenvalue weighted by molar-refractivity contribution is 6.42. The molecule has 0 saturated carbocycles. The first kappa shape index (κ1) is 15.5. The van der Waals surface area contributed by atoms with Gasteiger partial charge in [-0.15, -0.1) is 0 Å². The van der Waals surface area contributed by atoms with Crippen LogP contribution in [0.25, 0.3) is 0 Å². The van der Waals surface area contributed by atoms with Crippen molar-refractivity contribution >= 4 is 34.9 Å². The predicted octanol–water partition coefficient (Wildman–Crippen LogP) is 4.21. The van der Waals surface area contributed by atoms with E-state index in [1.165, 1.54) is 6.07 Å². The van der Waals surface area contributed by atoms with E-state index in [1.807, 2.05) is 0 Å². The monoisotopic (exact) mass is 331 g/mol. The molecule has 0 saturated heterocycles. The summed E-state index contributed by atoms with van der Waals surface area (Å²) in [6, 6.07) is 6.13. The first-order valence-corrected chi connectivity index (χ1v) is 6.49. The van der Waals surface area contributed by atoms with Crippen molar-refractivity contribution in [2.24, 2.45) is 0 Å². The highest BCUT2D eigenvalue weighted by atomic mass is 35.5. The second kappa shape index (κ2) is 6.28. The average Bonchev–Trinajstić information content (AvgIpc) is 2.44. The first-order chi connectivity index (χ1) is 9.88. The van der Waals surface area contributed by atoms with Crippen molar-refractivity contribution in [2.45, 2.75) is 6.61 Å². The van der Waals surface area contributed by atoms with E-state index < -0.39 is 17.6 Å². The highest BCUT2D eigenvalue weighted by Crippen LogP contribution is 2.23. The van der Waals surface area contributed by atoms with Crippen LogP contribution in [0.5, 0.6) is 0 Å². The summed E-state index contributed by atoms with van der Waals surface area (Å²) in [5, 5.41) is 0.689. The van der Waals surface area contributed by atoms with Gasteiger partial charge in [0.25, 0.3) is 0 Å². The largest absolute Gasteiger partial charge is 0.457 e. The van der Waals surface area contributed by atoms with Gasteiger partial charge < -0.3 is 10.5 Å². The molecule has 0 spiro atoms. The average molecular weight is 332 g/mol. The molecule has 0 aliphatic rings. The Morgan fingerprint density at radius 3 is 2.43 bits per heavy atom. The Labute approximate surface area is 129 Å². The summed E-state index contributed by atoms with van der Waals surface area (Å²) in [5.41, 5.74) is 5.61. The number of carbonyl (C=O) groups is 1. The van der Waals surface area contributed by atoms with Gasteiger partial charge in [0.1, 0.15) is 6.61 Å². The van der Waals surface area contributed by atoms with Gasteiger partial charge in [-0.3, -0.25) is 0 Å². The number of rotatable bonds is 3. The number of ether oxygens (including phenoxy) is 1. The van der Waals surface area contributed by atoms with E-state index in [1.54, 1.807) is 12.1 Å². The summed E-state index contributed by atoms with van der Waals surface area (Å²) in [6.45, 7) is -0.103. The number of benzene rings is 2. The van der Waals surface area contributed by atoms with Gasteiger partial charge in [-0.05, 0) is 23.8 Å². The second-order valence-electron chi connectivity index (χ2n) is 4.18. The quantitative estimate of drug-likeness (QED) is 0.677. The van der Waals surface area contributed by atoms with E-state index in [-0.39, 0.29) is 17.9 Å². The Morgan fingerprint density at radius 1 is 1.10 bits per heavy atom. The van der Waals surface area contributed by atoms with Crippen molar-refractivity contribution in [3.05, 3.63) is 63.1 Å². The van der Waals surface area contributed by atoms with E-state index in [0.29, 0.717) is 21.7 Å². The van der Waals surface area contributed by atoms with Crippen molar-refractivity contribution in [2.75, 3.05) is 5.73 Å². The number of nitrogen functional groups attached to an aromatic ring is 1. The van der Waals surface area contributed by atoms with Gasteiger partial charge >= 0.3 is 5.97 Å². The van der Waals surface area contributed by atoms with E-state index in [4.69, 9.17) is 33.7 Å². The number of hydrogen-bond donors (Lipinski definition) is 1. The molecule has 7 heteroatoms. The molecule has 0 radical (unpaired) electrons. The lowest BCUT2D eigenvalue weighted by Gasteiger charge is -2.08. The van der Waals surface area contributed by atoms with Crippen LogP contribution in [0.1, 0.15) is 15.9 Å². The molecule has 110 valence electrons. The molecule has 21 heavy (non-hydrogen) atoms. The topological polar surface area (TPSA) is 52.3 Å². The zero-order valence-electron chi connectivity index (χ0n) is 10.5. The molecule has 0 aromatic heterocycles. The minimum absolute atomic E-state index is 0.103. The van der Waals surface area contributed by atoms with Crippen LogP contribution in [0.4, 0.5) is 14.5 Å². The number of halogens is 4. The number of anilines is 1. The molecule has 2 aromatic rings. The van der Waals surface area contributed by atoms with Crippen LogP contribution < -0.4 is 5.73 Å². The Kier molecular flexibility index (Phi) is 4.65. The summed E-state index contributed by atoms with van der Waals surface area (Å²) in [4.78, 5) is 11.8. The maximum atomic E-state index is 13.1. The number of esters is 1. The third-order valence-electron chi connectivity index (χ3n) is 2.67. The standard InChI is InChI=1S/C14H9Cl2F2NO2/c15-9-2-1-7(3-10(9)16)6-21-14(20)8-4-11(17)12(18)5-13(8)19/h1-5H,6,19H2. The lowest BCUT2D eigenvalue weighted by molar-refractivity contribution is 0.0473. The van der Waals surface area contributed by atoms with Crippen molar-refractivity contribution in [1.29, 1.82) is 0 Å². The first-order valence-electron chi connectivity index (χ1n) is 5.74. The van der Waals surface area contributed by atoms with Crippen LogP contribution >= 0.6 is 23.2 Å². The molecular formula is C14H9Cl2F2NO2. The van der Waals surface area contributed by atoms with Crippen molar-refractivity contribution in [3.8, 4) is 0 Å². The van der Waals surface area contributed by atoms with E-state index in [0.717, 1.165) is 6.07 Å². The molecule has 0 unspecified atom stereocenters. The van der Waals surface area contributed by atoms with Gasteiger partial charge in [-0.25, -0.2) is 13.6 Å². The van der Waals surface area contributed by atoms with Crippen molar-refractivity contribution < 1.29 is 18.3 Å². The van der Waals surface area contributed by atoms with Crippen LogP contribution in [-0.4, -0.2) is 5.97 Å². The van der Waals surface area contributed by atoms with Gasteiger partial charge in [0.2, 0.25) is 0 Å². The Balaban J connectivity index is 2.11. The van der Waals surface area contributed by atoms with Crippen molar-refractivity contribution in [1.82, 2.24) is 0 Å². The molecule has 3 nitrogen and oxygen atoms in total. The van der Waals surface area contributed by atoms with Crippen LogP contribution in [0.15, 0.2) is 30.3 Å². The minimum atomic E-state index is -1.18. The fourth-order valence-corrected chi connectivity index (χ4v) is 1.92. The molecule has 0 atom stereocenters. The Bertz CT molecular complexity index is 708. The lowest BCUT2D eigenvalue weighted by atomic mass is 10.1. The number of hydrogen-bond acceptors (Lipinski definition) is 3. The van der Waals surface area contributed by atoms with E-state index in [9.17, 15) is 13.6 Å². The lowest BCUT2D eigenvalue weighted by Crippen LogP contribution is -2.09. The number of carbonyl (C=O) groups excluding carboxylic acids is 1. The van der Waals surface area contributed by atoms with Gasteiger partial charge in [-0.1, -0.05) is 29.3 Å². The maximum absolute atomic E-state index is 13.1. The SMILES string of the molecule is Nc1cc(F)c(F)cc1C(=O)OCc1ccc(Cl)c(Cl)c1. The molecule has 0 aliphatic carbocycles. The molecule has 2 rings (SSSR count). The van der Waals surface area contributed by atoms with E-state index in [2.05, 4.69) is 0 Å². The fourth-order valence-electron chi connectivity index (χ4n) is 1.60. The summed E-state index contributed by atoms with van der Waals surface area (Å²) in [5.74, 6) is -3.17. The summed E-state index contributed by atoms with van der Waals surface area (Å²) < 4.78 is 31.0. The van der Waals surface area contributed by atoms with Crippen LogP contribution in [0, 0.1) is 11.6 Å². The second-order valence-corrected chi connectivity index (χ2v) is 4.99. The molecular weight excluding hydrogens is 323 g/mol. The summed E-state index contributed by atoms with van der Waals surface area (Å²) >= 11 is 11.6. The molecule has 0 aliphatic heterocycles. The third kappa shape index (κ3) is 3.62. The smallest absolute Gasteiger partial charge is 0.340 e. The molecule has 0 heterocycles. The van der Waals surface area contributed by atoms with Crippen LogP contribution in [0.2, 0.25) is 10.0 Å². The summed E-state index contributed by atoms with van der Waals surface area (Å²) in [6.07, 6.45) is 0. The Morgan fingerprint density at radius 2 is 1.76 bits per heavy atom. The van der Waals surface area contributed by atoms with E-state index >= 15 is 0 Å². The molecule has 0 bridgehead atoms. The zero-order valence-corrected chi connectivity index (χ0v) is 12.0. The van der Waals surface area contributed by atoms with Crippen LogP contribution in [0.3, 0.4) is 0 Å². The van der Waals surface area contributed by atoms with Crippen molar-refractivity contribution in [3.63, 3.8) is 0 Å². The maximum Gasteiger partial charge on any atom is 0.340 e. The Hall–Kier alpha value is -1.85.